The molecule has 3 aromatic rings. The van der Waals surface area contributed by atoms with E-state index in [4.69, 9.17) is 16.3 Å². The Bertz CT molecular complexity index is 1030. The van der Waals surface area contributed by atoms with E-state index < -0.39 is 0 Å². The number of nitrogens with one attached hydrogen (secondary N) is 1. The molecule has 1 heterocycles. The quantitative estimate of drug-likeness (QED) is 0.593. The highest BCUT2D eigenvalue weighted by atomic mass is 35.5. The van der Waals surface area contributed by atoms with Gasteiger partial charge in [0.25, 0.3) is 11.8 Å². The molecule has 0 atom stereocenters. The Morgan fingerprint density at radius 3 is 2.57 bits per heavy atom. The minimum atomic E-state index is -0.308. The third-order valence-corrected chi connectivity index (χ3v) is 6.12. The Morgan fingerprint density at radius 1 is 1.14 bits per heavy atom. The van der Waals surface area contributed by atoms with Crippen LogP contribution in [0.25, 0.3) is 10.1 Å². The number of carbonyl (C=O) groups is 2. The molecule has 0 unspecified atom stereocenters. The van der Waals surface area contributed by atoms with Crippen LogP contribution in [0.4, 0.5) is 5.69 Å². The Morgan fingerprint density at radius 2 is 1.89 bits per heavy atom. The fourth-order valence-electron chi connectivity index (χ4n) is 2.93. The zero-order valence-electron chi connectivity index (χ0n) is 15.9. The van der Waals surface area contributed by atoms with E-state index in [0.29, 0.717) is 40.0 Å². The molecule has 2 amide bonds. The molecule has 0 aliphatic rings. The van der Waals surface area contributed by atoms with Crippen LogP contribution >= 0.6 is 22.9 Å². The first-order valence-electron chi connectivity index (χ1n) is 8.95. The van der Waals surface area contributed by atoms with Crippen molar-refractivity contribution in [1.29, 1.82) is 0 Å². The van der Waals surface area contributed by atoms with Gasteiger partial charge in [0.05, 0.1) is 12.1 Å². The van der Waals surface area contributed by atoms with Crippen molar-refractivity contribution in [3.05, 3.63) is 57.9 Å². The predicted octanol–water partition coefficient (Wildman–Crippen LogP) is 5.30. The first-order chi connectivity index (χ1) is 13.5. The highest BCUT2D eigenvalue weighted by Crippen LogP contribution is 2.37. The van der Waals surface area contributed by atoms with Crippen molar-refractivity contribution in [2.24, 2.45) is 0 Å². The summed E-state index contributed by atoms with van der Waals surface area (Å²) in [7, 11) is 1.59. The third-order valence-electron chi connectivity index (χ3n) is 4.46. The van der Waals surface area contributed by atoms with Crippen LogP contribution in [0, 0.1) is 0 Å². The van der Waals surface area contributed by atoms with Gasteiger partial charge in [-0.25, -0.2) is 0 Å². The number of anilines is 1. The Kier molecular flexibility index (Phi) is 6.21. The second-order valence-corrected chi connectivity index (χ2v) is 7.55. The summed E-state index contributed by atoms with van der Waals surface area (Å²) in [4.78, 5) is 27.5. The number of fused-ring (bicyclic) bond motifs is 1. The molecule has 0 bridgehead atoms. The molecule has 1 N–H and O–H groups in total. The first-order valence-corrected chi connectivity index (χ1v) is 10.1. The summed E-state index contributed by atoms with van der Waals surface area (Å²) < 4.78 is 6.10. The van der Waals surface area contributed by atoms with Crippen LogP contribution in [0.5, 0.6) is 5.75 Å². The van der Waals surface area contributed by atoms with Crippen LogP contribution < -0.4 is 10.1 Å². The Labute approximate surface area is 172 Å². The van der Waals surface area contributed by atoms with Gasteiger partial charge in [-0.1, -0.05) is 17.7 Å². The van der Waals surface area contributed by atoms with E-state index in [9.17, 15) is 9.59 Å². The lowest BCUT2D eigenvalue weighted by Crippen LogP contribution is -2.30. The molecule has 0 saturated carbocycles. The largest absolute Gasteiger partial charge is 0.497 e. The summed E-state index contributed by atoms with van der Waals surface area (Å²) in [6.07, 6.45) is 0. The standard InChI is InChI=1S/C21H21ClN2O3S/c1-4-24(5-2)21(26)13-7-6-8-14(11-13)23-20(25)19-18(22)16-10-9-15(27-3)12-17(16)28-19/h6-12H,4-5H2,1-3H3,(H,23,25). The number of amides is 2. The summed E-state index contributed by atoms with van der Waals surface area (Å²) in [6.45, 7) is 5.14. The number of halogens is 1. The second kappa shape index (κ2) is 8.63. The van der Waals surface area contributed by atoms with Crippen molar-refractivity contribution in [3.8, 4) is 5.75 Å². The first kappa shape index (κ1) is 20.2. The minimum absolute atomic E-state index is 0.0620. The van der Waals surface area contributed by atoms with Gasteiger partial charge < -0.3 is 15.0 Å². The number of hydrogen-bond acceptors (Lipinski definition) is 4. The van der Waals surface area contributed by atoms with E-state index in [1.54, 1.807) is 36.3 Å². The van der Waals surface area contributed by atoms with Gasteiger partial charge in [-0.3, -0.25) is 9.59 Å². The molecular weight excluding hydrogens is 396 g/mol. The number of carbonyl (C=O) groups excluding carboxylic acids is 2. The van der Waals surface area contributed by atoms with E-state index in [1.807, 2.05) is 32.0 Å². The normalized spacial score (nSPS) is 10.7. The molecule has 0 fully saturated rings. The fourth-order valence-corrected chi connectivity index (χ4v) is 4.37. The third kappa shape index (κ3) is 3.98. The number of hydrogen-bond donors (Lipinski definition) is 1. The van der Waals surface area contributed by atoms with Crippen molar-refractivity contribution in [2.45, 2.75) is 13.8 Å². The van der Waals surface area contributed by atoms with Crippen molar-refractivity contribution >= 4 is 50.5 Å². The number of rotatable bonds is 6. The van der Waals surface area contributed by atoms with Gasteiger partial charge in [-0.15, -0.1) is 11.3 Å². The van der Waals surface area contributed by atoms with Gasteiger partial charge in [0.1, 0.15) is 10.6 Å². The predicted molar refractivity (Wildman–Crippen MR) is 115 cm³/mol. The SMILES string of the molecule is CCN(CC)C(=O)c1cccc(NC(=O)c2sc3cc(OC)ccc3c2Cl)c1. The molecule has 2 aromatic carbocycles. The van der Waals surface area contributed by atoms with Crippen molar-refractivity contribution < 1.29 is 14.3 Å². The number of nitrogens with zero attached hydrogens (tertiary/aromatic N) is 1. The van der Waals surface area contributed by atoms with Gasteiger partial charge >= 0.3 is 0 Å². The van der Waals surface area contributed by atoms with Crippen LogP contribution in [-0.4, -0.2) is 36.9 Å². The van der Waals surface area contributed by atoms with Crippen LogP contribution in [0.15, 0.2) is 42.5 Å². The average molecular weight is 417 g/mol. The smallest absolute Gasteiger partial charge is 0.267 e. The molecule has 0 saturated heterocycles. The minimum Gasteiger partial charge on any atom is -0.497 e. The molecule has 0 aliphatic heterocycles. The molecule has 28 heavy (non-hydrogen) atoms. The summed E-state index contributed by atoms with van der Waals surface area (Å²) in [5, 5.41) is 4.06. The van der Waals surface area contributed by atoms with Crippen LogP contribution in [0.1, 0.15) is 33.9 Å². The van der Waals surface area contributed by atoms with E-state index in [1.165, 1.54) is 11.3 Å². The van der Waals surface area contributed by atoms with E-state index in [2.05, 4.69) is 5.32 Å². The Balaban J connectivity index is 1.85. The lowest BCUT2D eigenvalue weighted by Gasteiger charge is -2.19. The number of thiophene rings is 1. The van der Waals surface area contributed by atoms with Crippen molar-refractivity contribution in [1.82, 2.24) is 4.90 Å². The zero-order chi connectivity index (χ0) is 20.3. The number of ether oxygens (including phenoxy) is 1. The highest BCUT2D eigenvalue weighted by molar-refractivity contribution is 7.21. The molecule has 0 spiro atoms. The average Bonchev–Trinajstić information content (AvgIpc) is 3.05. The molecule has 0 aliphatic carbocycles. The van der Waals surface area contributed by atoms with Gasteiger partial charge in [0.15, 0.2) is 0 Å². The maximum absolute atomic E-state index is 12.8. The Hall–Kier alpha value is -2.57. The van der Waals surface area contributed by atoms with Gasteiger partial charge in [0.2, 0.25) is 0 Å². The summed E-state index contributed by atoms with van der Waals surface area (Å²) >= 11 is 7.73. The summed E-state index contributed by atoms with van der Waals surface area (Å²) in [5.41, 5.74) is 1.09. The second-order valence-electron chi connectivity index (χ2n) is 6.12. The van der Waals surface area contributed by atoms with Crippen molar-refractivity contribution in [3.63, 3.8) is 0 Å². The van der Waals surface area contributed by atoms with E-state index in [-0.39, 0.29) is 11.8 Å². The van der Waals surface area contributed by atoms with E-state index >= 15 is 0 Å². The molecule has 0 radical (unpaired) electrons. The monoisotopic (exact) mass is 416 g/mol. The summed E-state index contributed by atoms with van der Waals surface area (Å²) in [6, 6.07) is 12.4. The fraction of sp³-hybridized carbons (Fsp3) is 0.238. The van der Waals surface area contributed by atoms with Gasteiger partial charge in [-0.2, -0.15) is 0 Å². The molecule has 5 nitrogen and oxygen atoms in total. The maximum atomic E-state index is 12.8. The number of methoxy groups -OCH3 is 1. The van der Waals surface area contributed by atoms with Gasteiger partial charge in [-0.05, 0) is 50.2 Å². The van der Waals surface area contributed by atoms with E-state index in [0.717, 1.165) is 10.1 Å². The maximum Gasteiger partial charge on any atom is 0.267 e. The molecule has 7 heteroatoms. The summed E-state index contributed by atoms with van der Waals surface area (Å²) in [5.74, 6) is 0.339. The lowest BCUT2D eigenvalue weighted by molar-refractivity contribution is 0.0772. The topological polar surface area (TPSA) is 58.6 Å². The van der Waals surface area contributed by atoms with Crippen molar-refractivity contribution in [2.75, 3.05) is 25.5 Å². The van der Waals surface area contributed by atoms with Crippen LogP contribution in [0.3, 0.4) is 0 Å². The lowest BCUT2D eigenvalue weighted by atomic mass is 10.1. The van der Waals surface area contributed by atoms with Gasteiger partial charge in [0, 0.05) is 34.4 Å². The zero-order valence-corrected chi connectivity index (χ0v) is 17.5. The highest BCUT2D eigenvalue weighted by Gasteiger charge is 2.19. The molecule has 3 rings (SSSR count). The molecule has 146 valence electrons. The van der Waals surface area contributed by atoms with Crippen LogP contribution in [-0.2, 0) is 0 Å². The molecule has 1 aromatic heterocycles. The molecular formula is C21H21ClN2O3S. The van der Waals surface area contributed by atoms with Crippen LogP contribution in [0.2, 0.25) is 5.02 Å². The number of benzene rings is 2.